The lowest BCUT2D eigenvalue weighted by Gasteiger charge is -2.10. The van der Waals surface area contributed by atoms with Crippen LogP contribution < -0.4 is 4.74 Å². The molecule has 0 aliphatic heterocycles. The summed E-state index contributed by atoms with van der Waals surface area (Å²) in [4.78, 5) is 0. The number of rotatable bonds is 4. The molecule has 0 fully saturated rings. The average molecular weight is 250 g/mol. The first-order valence-electron chi connectivity index (χ1n) is 5.45. The van der Waals surface area contributed by atoms with Gasteiger partial charge >= 0.3 is 0 Å². The van der Waals surface area contributed by atoms with Crippen molar-refractivity contribution in [2.75, 3.05) is 0 Å². The van der Waals surface area contributed by atoms with Gasteiger partial charge in [-0.1, -0.05) is 36.4 Å². The second-order valence-electron chi connectivity index (χ2n) is 3.77. The van der Waals surface area contributed by atoms with Gasteiger partial charge in [0.1, 0.15) is 6.61 Å². The lowest BCUT2D eigenvalue weighted by Crippen LogP contribution is -1.96. The van der Waals surface area contributed by atoms with Crippen molar-refractivity contribution in [1.82, 2.24) is 0 Å². The number of aromatic hydroxyl groups is 1. The van der Waals surface area contributed by atoms with Gasteiger partial charge in [-0.05, 0) is 17.7 Å². The molecule has 2 aromatic rings. The summed E-state index contributed by atoms with van der Waals surface area (Å²) in [6, 6.07) is 13.4. The van der Waals surface area contributed by atoms with Crippen LogP contribution in [0, 0.1) is 0 Å². The van der Waals surface area contributed by atoms with Gasteiger partial charge in [0.2, 0.25) is 0 Å². The molecule has 4 heteroatoms. The minimum Gasteiger partial charge on any atom is -0.504 e. The molecule has 0 atom stereocenters. The van der Waals surface area contributed by atoms with Crippen molar-refractivity contribution in [2.24, 2.45) is 0 Å². The maximum absolute atomic E-state index is 12.6. The van der Waals surface area contributed by atoms with Crippen LogP contribution in [0.25, 0.3) is 0 Å². The van der Waals surface area contributed by atoms with Crippen LogP contribution in [0.1, 0.15) is 17.6 Å². The van der Waals surface area contributed by atoms with E-state index >= 15 is 0 Å². The molecule has 0 saturated heterocycles. The van der Waals surface area contributed by atoms with Crippen LogP contribution >= 0.6 is 0 Å². The predicted octanol–water partition coefficient (Wildman–Crippen LogP) is 3.91. The molecule has 0 bridgehead atoms. The Morgan fingerprint density at radius 2 is 1.72 bits per heavy atom. The van der Waals surface area contributed by atoms with Crippen LogP contribution in [-0.2, 0) is 6.61 Å². The van der Waals surface area contributed by atoms with Crippen molar-refractivity contribution in [1.29, 1.82) is 0 Å². The number of phenolic OH excluding ortho intramolecular Hbond substituents is 1. The number of ether oxygens (including phenoxy) is 1. The highest BCUT2D eigenvalue weighted by molar-refractivity contribution is 5.46. The fourth-order valence-electron chi connectivity index (χ4n) is 1.57. The van der Waals surface area contributed by atoms with Gasteiger partial charge in [0, 0.05) is 0 Å². The quantitative estimate of drug-likeness (QED) is 0.891. The molecular formula is C14H12F2O2. The minimum absolute atomic E-state index is 0.0663. The number of hydrogen-bond donors (Lipinski definition) is 1. The van der Waals surface area contributed by atoms with E-state index in [9.17, 15) is 13.9 Å². The smallest absolute Gasteiger partial charge is 0.267 e. The molecular weight excluding hydrogens is 238 g/mol. The van der Waals surface area contributed by atoms with Crippen molar-refractivity contribution in [3.05, 3.63) is 59.7 Å². The van der Waals surface area contributed by atoms with E-state index in [1.165, 1.54) is 18.2 Å². The average Bonchev–Trinajstić information content (AvgIpc) is 2.38. The van der Waals surface area contributed by atoms with E-state index in [1.54, 1.807) is 0 Å². The summed E-state index contributed by atoms with van der Waals surface area (Å²) < 4.78 is 30.4. The summed E-state index contributed by atoms with van der Waals surface area (Å²) in [7, 11) is 0. The van der Waals surface area contributed by atoms with Crippen LogP contribution in [0.4, 0.5) is 8.78 Å². The lowest BCUT2D eigenvalue weighted by molar-refractivity contribution is 0.146. The molecule has 2 aromatic carbocycles. The number of hydrogen-bond acceptors (Lipinski definition) is 2. The third kappa shape index (κ3) is 2.77. The molecule has 0 aromatic heterocycles. The fourth-order valence-corrected chi connectivity index (χ4v) is 1.57. The van der Waals surface area contributed by atoms with E-state index in [0.717, 1.165) is 5.56 Å². The van der Waals surface area contributed by atoms with Gasteiger partial charge in [-0.2, -0.15) is 0 Å². The number of para-hydroxylation sites is 1. The molecule has 0 aliphatic carbocycles. The van der Waals surface area contributed by atoms with Crippen molar-refractivity contribution >= 4 is 0 Å². The number of alkyl halides is 2. The standard InChI is InChI=1S/C14H12F2O2/c15-14(16)11-7-4-8-12(13(11)17)18-9-10-5-2-1-3-6-10/h1-8,14,17H,9H2. The third-order valence-electron chi connectivity index (χ3n) is 2.50. The van der Waals surface area contributed by atoms with Crippen LogP contribution in [0.3, 0.4) is 0 Å². The van der Waals surface area contributed by atoms with Crippen molar-refractivity contribution in [3.63, 3.8) is 0 Å². The second kappa shape index (κ2) is 5.49. The van der Waals surface area contributed by atoms with E-state index in [2.05, 4.69) is 0 Å². The maximum Gasteiger partial charge on any atom is 0.267 e. The van der Waals surface area contributed by atoms with Crippen molar-refractivity contribution < 1.29 is 18.6 Å². The molecule has 0 radical (unpaired) electrons. The molecule has 2 nitrogen and oxygen atoms in total. The summed E-state index contributed by atoms with van der Waals surface area (Å²) in [5, 5.41) is 9.63. The largest absolute Gasteiger partial charge is 0.504 e. The van der Waals surface area contributed by atoms with Gasteiger partial charge in [0.25, 0.3) is 6.43 Å². The van der Waals surface area contributed by atoms with Gasteiger partial charge in [-0.15, -0.1) is 0 Å². The number of halogens is 2. The van der Waals surface area contributed by atoms with Crippen LogP contribution in [0.5, 0.6) is 11.5 Å². The molecule has 0 spiro atoms. The molecule has 0 saturated carbocycles. The first kappa shape index (κ1) is 12.4. The normalized spacial score (nSPS) is 10.6. The molecule has 0 heterocycles. The Bertz CT molecular complexity index is 512. The summed E-state index contributed by atoms with van der Waals surface area (Å²) >= 11 is 0. The van der Waals surface area contributed by atoms with Crippen LogP contribution in [0.2, 0.25) is 0 Å². The minimum atomic E-state index is -2.72. The monoisotopic (exact) mass is 250 g/mol. The zero-order valence-corrected chi connectivity index (χ0v) is 9.51. The van der Waals surface area contributed by atoms with E-state index in [1.807, 2.05) is 30.3 Å². The van der Waals surface area contributed by atoms with Gasteiger partial charge in [-0.25, -0.2) is 8.78 Å². The Kier molecular flexibility index (Phi) is 3.77. The Labute approximate surface area is 103 Å². The van der Waals surface area contributed by atoms with Gasteiger partial charge in [0.05, 0.1) is 5.56 Å². The third-order valence-corrected chi connectivity index (χ3v) is 2.50. The van der Waals surface area contributed by atoms with E-state index in [0.29, 0.717) is 0 Å². The molecule has 2 rings (SSSR count). The van der Waals surface area contributed by atoms with Crippen LogP contribution in [0.15, 0.2) is 48.5 Å². The number of phenols is 1. The SMILES string of the molecule is Oc1c(OCc2ccccc2)cccc1C(F)F. The Hall–Kier alpha value is -2.10. The highest BCUT2D eigenvalue weighted by Crippen LogP contribution is 2.36. The second-order valence-corrected chi connectivity index (χ2v) is 3.77. The summed E-state index contributed by atoms with van der Waals surface area (Å²) in [5.41, 5.74) is 0.486. The van der Waals surface area contributed by atoms with E-state index in [-0.39, 0.29) is 12.4 Å². The first-order chi connectivity index (χ1) is 8.68. The Balaban J connectivity index is 2.13. The topological polar surface area (TPSA) is 29.5 Å². The molecule has 1 N–H and O–H groups in total. The summed E-state index contributed by atoms with van der Waals surface area (Å²) in [6.07, 6.45) is -2.72. The predicted molar refractivity (Wildman–Crippen MR) is 63.8 cm³/mol. The van der Waals surface area contributed by atoms with Gasteiger partial charge in [0.15, 0.2) is 11.5 Å². The maximum atomic E-state index is 12.6. The highest BCUT2D eigenvalue weighted by atomic mass is 19.3. The van der Waals surface area contributed by atoms with Gasteiger partial charge in [-0.3, -0.25) is 0 Å². The molecule has 94 valence electrons. The molecule has 0 unspecified atom stereocenters. The van der Waals surface area contributed by atoms with Crippen LogP contribution in [-0.4, -0.2) is 5.11 Å². The van der Waals surface area contributed by atoms with E-state index < -0.39 is 17.7 Å². The van der Waals surface area contributed by atoms with Gasteiger partial charge < -0.3 is 9.84 Å². The summed E-state index contributed by atoms with van der Waals surface area (Å²) in [6.45, 7) is 0.223. The first-order valence-corrected chi connectivity index (χ1v) is 5.45. The zero-order valence-electron chi connectivity index (χ0n) is 9.51. The Morgan fingerprint density at radius 3 is 2.39 bits per heavy atom. The fraction of sp³-hybridized carbons (Fsp3) is 0.143. The van der Waals surface area contributed by atoms with Crippen molar-refractivity contribution in [3.8, 4) is 11.5 Å². The molecule has 18 heavy (non-hydrogen) atoms. The molecule has 0 aliphatic rings. The van der Waals surface area contributed by atoms with Crippen molar-refractivity contribution in [2.45, 2.75) is 13.0 Å². The highest BCUT2D eigenvalue weighted by Gasteiger charge is 2.16. The zero-order chi connectivity index (χ0) is 13.0. The molecule has 0 amide bonds. The van der Waals surface area contributed by atoms with E-state index in [4.69, 9.17) is 4.74 Å². The lowest BCUT2D eigenvalue weighted by atomic mass is 10.2. The summed E-state index contributed by atoms with van der Waals surface area (Å²) in [5.74, 6) is -0.430. The number of benzene rings is 2. The Morgan fingerprint density at radius 1 is 1.00 bits per heavy atom.